The van der Waals surface area contributed by atoms with Gasteiger partial charge in [-0.05, 0) is 55.3 Å². The van der Waals surface area contributed by atoms with Gasteiger partial charge in [0, 0.05) is 36.2 Å². The molecule has 0 unspecified atom stereocenters. The largest absolute Gasteiger partial charge is 0.378 e. The maximum Gasteiger partial charge on any atom is 0.286 e. The van der Waals surface area contributed by atoms with Crippen molar-refractivity contribution in [2.75, 3.05) is 19.0 Å². The highest BCUT2D eigenvalue weighted by molar-refractivity contribution is 6.01. The number of hydrazine groups is 1. The molecule has 0 aliphatic carbocycles. The Hall–Kier alpha value is -3.28. The lowest BCUT2D eigenvalue weighted by atomic mass is 10.1. The fourth-order valence-electron chi connectivity index (χ4n) is 2.90. The van der Waals surface area contributed by atoms with E-state index in [0.29, 0.717) is 11.3 Å². The average Bonchev–Trinajstić information content (AvgIpc) is 3.04. The van der Waals surface area contributed by atoms with Crippen LogP contribution in [0.1, 0.15) is 32.0 Å². The Labute approximate surface area is 152 Å². The number of aromatic amines is 1. The van der Waals surface area contributed by atoms with Gasteiger partial charge in [0.25, 0.3) is 11.8 Å². The molecule has 6 nitrogen and oxygen atoms in total. The van der Waals surface area contributed by atoms with Crippen molar-refractivity contribution >= 4 is 28.4 Å². The molecule has 0 radical (unpaired) electrons. The standard InChI is InChI=1S/C20H22N4O2/c1-12-8-13(2)16-11-18(21-17(16)9-12)20(26)23-22-19(25)14-6-5-7-15(10-14)24(3)4/h5-11,21H,1-4H3,(H,22,25)(H,23,26). The van der Waals surface area contributed by atoms with Crippen molar-refractivity contribution in [2.45, 2.75) is 13.8 Å². The molecule has 0 saturated carbocycles. The zero-order chi connectivity index (χ0) is 18.8. The van der Waals surface area contributed by atoms with E-state index in [1.165, 1.54) is 0 Å². The van der Waals surface area contributed by atoms with Gasteiger partial charge < -0.3 is 9.88 Å². The zero-order valence-corrected chi connectivity index (χ0v) is 15.3. The van der Waals surface area contributed by atoms with Crippen LogP contribution in [0.15, 0.2) is 42.5 Å². The highest BCUT2D eigenvalue weighted by Crippen LogP contribution is 2.21. The number of amides is 2. The van der Waals surface area contributed by atoms with Crippen molar-refractivity contribution in [1.29, 1.82) is 0 Å². The van der Waals surface area contributed by atoms with Gasteiger partial charge in [0.1, 0.15) is 5.69 Å². The Kier molecular flexibility index (Phi) is 4.67. The minimum atomic E-state index is -0.393. The number of fused-ring (bicyclic) bond motifs is 1. The molecule has 1 heterocycles. The van der Waals surface area contributed by atoms with Crippen molar-refractivity contribution in [3.63, 3.8) is 0 Å². The normalized spacial score (nSPS) is 10.6. The van der Waals surface area contributed by atoms with E-state index in [4.69, 9.17) is 0 Å². The molecule has 0 aliphatic heterocycles. The fourth-order valence-corrected chi connectivity index (χ4v) is 2.90. The van der Waals surface area contributed by atoms with E-state index < -0.39 is 5.91 Å². The molecule has 0 spiro atoms. The Bertz CT molecular complexity index is 989. The highest BCUT2D eigenvalue weighted by atomic mass is 16.2. The van der Waals surface area contributed by atoms with Gasteiger partial charge in [-0.2, -0.15) is 0 Å². The summed E-state index contributed by atoms with van der Waals surface area (Å²) in [7, 11) is 3.80. The minimum absolute atomic E-state index is 0.370. The monoisotopic (exact) mass is 350 g/mol. The number of nitrogens with one attached hydrogen (secondary N) is 3. The van der Waals surface area contributed by atoms with E-state index in [2.05, 4.69) is 21.9 Å². The van der Waals surface area contributed by atoms with Crippen molar-refractivity contribution in [3.05, 3.63) is 64.8 Å². The molecule has 3 N–H and O–H groups in total. The summed E-state index contributed by atoms with van der Waals surface area (Å²) in [6.07, 6.45) is 0. The number of hydrogen-bond acceptors (Lipinski definition) is 3. The number of aromatic nitrogens is 1. The van der Waals surface area contributed by atoms with Gasteiger partial charge in [0.15, 0.2) is 0 Å². The van der Waals surface area contributed by atoms with E-state index in [1.54, 1.807) is 24.3 Å². The number of aryl methyl sites for hydroxylation is 2. The molecule has 0 aliphatic rings. The van der Waals surface area contributed by atoms with E-state index in [1.807, 2.05) is 45.0 Å². The molecule has 0 bridgehead atoms. The van der Waals surface area contributed by atoms with Gasteiger partial charge in [0.05, 0.1) is 0 Å². The van der Waals surface area contributed by atoms with Crippen LogP contribution >= 0.6 is 0 Å². The summed E-state index contributed by atoms with van der Waals surface area (Å²) in [6, 6.07) is 13.0. The zero-order valence-electron chi connectivity index (χ0n) is 15.3. The number of carbonyl (C=O) groups excluding carboxylic acids is 2. The molecule has 0 atom stereocenters. The van der Waals surface area contributed by atoms with Crippen LogP contribution in [0.25, 0.3) is 10.9 Å². The van der Waals surface area contributed by atoms with Gasteiger partial charge in [0.2, 0.25) is 0 Å². The summed E-state index contributed by atoms with van der Waals surface area (Å²) in [5.74, 6) is -0.763. The van der Waals surface area contributed by atoms with Crippen LogP contribution in [0, 0.1) is 13.8 Å². The summed E-state index contributed by atoms with van der Waals surface area (Å²) < 4.78 is 0. The van der Waals surface area contributed by atoms with E-state index in [0.717, 1.165) is 27.7 Å². The van der Waals surface area contributed by atoms with Crippen LogP contribution in [0.5, 0.6) is 0 Å². The number of benzene rings is 2. The average molecular weight is 350 g/mol. The van der Waals surface area contributed by atoms with Crippen LogP contribution in [0.4, 0.5) is 5.69 Å². The predicted octanol–water partition coefficient (Wildman–Crippen LogP) is 2.93. The lowest BCUT2D eigenvalue weighted by Crippen LogP contribution is -2.41. The first kappa shape index (κ1) is 17.5. The van der Waals surface area contributed by atoms with Gasteiger partial charge in [-0.25, -0.2) is 0 Å². The Morgan fingerprint density at radius 3 is 2.42 bits per heavy atom. The van der Waals surface area contributed by atoms with Crippen LogP contribution in [0.3, 0.4) is 0 Å². The van der Waals surface area contributed by atoms with Crippen LogP contribution in [-0.2, 0) is 0 Å². The van der Waals surface area contributed by atoms with Crippen molar-refractivity contribution in [2.24, 2.45) is 0 Å². The summed E-state index contributed by atoms with van der Waals surface area (Å²) >= 11 is 0. The lowest BCUT2D eigenvalue weighted by Gasteiger charge is -2.13. The molecule has 6 heteroatoms. The Morgan fingerprint density at radius 2 is 1.69 bits per heavy atom. The maximum atomic E-state index is 12.4. The third-order valence-electron chi connectivity index (χ3n) is 4.25. The van der Waals surface area contributed by atoms with Crippen LogP contribution in [-0.4, -0.2) is 30.9 Å². The molecular weight excluding hydrogens is 328 g/mol. The molecule has 2 amide bonds. The number of anilines is 1. The number of hydrogen-bond donors (Lipinski definition) is 3. The summed E-state index contributed by atoms with van der Waals surface area (Å²) in [4.78, 5) is 29.6. The van der Waals surface area contributed by atoms with Gasteiger partial charge in [-0.15, -0.1) is 0 Å². The third kappa shape index (κ3) is 3.54. The lowest BCUT2D eigenvalue weighted by molar-refractivity contribution is 0.0844. The second-order valence-corrected chi connectivity index (χ2v) is 6.58. The van der Waals surface area contributed by atoms with Crippen molar-refractivity contribution < 1.29 is 9.59 Å². The molecule has 1 aromatic heterocycles. The molecule has 3 rings (SSSR count). The number of carbonyl (C=O) groups is 2. The quantitative estimate of drug-likeness (QED) is 0.636. The second kappa shape index (κ2) is 6.92. The summed E-state index contributed by atoms with van der Waals surface area (Å²) in [6.45, 7) is 4.01. The fraction of sp³-hybridized carbons (Fsp3) is 0.200. The van der Waals surface area contributed by atoms with Crippen LogP contribution in [0.2, 0.25) is 0 Å². The molecule has 134 valence electrons. The molecule has 0 fully saturated rings. The topological polar surface area (TPSA) is 77.2 Å². The van der Waals surface area contributed by atoms with Gasteiger partial charge in [-0.1, -0.05) is 12.1 Å². The Morgan fingerprint density at radius 1 is 0.962 bits per heavy atom. The third-order valence-corrected chi connectivity index (χ3v) is 4.25. The van der Waals surface area contributed by atoms with E-state index >= 15 is 0 Å². The van der Waals surface area contributed by atoms with E-state index in [-0.39, 0.29) is 5.91 Å². The first-order valence-electron chi connectivity index (χ1n) is 8.33. The first-order chi connectivity index (χ1) is 12.3. The van der Waals surface area contributed by atoms with E-state index in [9.17, 15) is 9.59 Å². The molecule has 2 aromatic carbocycles. The van der Waals surface area contributed by atoms with Crippen molar-refractivity contribution in [3.8, 4) is 0 Å². The summed E-state index contributed by atoms with van der Waals surface area (Å²) in [5.41, 5.74) is 9.81. The number of H-pyrrole nitrogens is 1. The summed E-state index contributed by atoms with van der Waals surface area (Å²) in [5, 5.41) is 0.991. The molecule has 26 heavy (non-hydrogen) atoms. The SMILES string of the molecule is Cc1cc(C)c2cc(C(=O)NNC(=O)c3cccc(N(C)C)c3)[nH]c2c1. The minimum Gasteiger partial charge on any atom is -0.378 e. The van der Waals surface area contributed by atoms with Crippen LogP contribution < -0.4 is 15.8 Å². The molecule has 0 saturated heterocycles. The number of nitrogens with zero attached hydrogens (tertiary/aromatic N) is 1. The van der Waals surface area contributed by atoms with Gasteiger partial charge >= 0.3 is 0 Å². The van der Waals surface area contributed by atoms with Gasteiger partial charge in [-0.3, -0.25) is 20.4 Å². The molecular formula is C20H22N4O2. The van der Waals surface area contributed by atoms with Crippen molar-refractivity contribution in [1.82, 2.24) is 15.8 Å². The molecule has 3 aromatic rings. The number of rotatable bonds is 3. The predicted molar refractivity (Wildman–Crippen MR) is 103 cm³/mol. The first-order valence-corrected chi connectivity index (χ1v) is 8.33. The maximum absolute atomic E-state index is 12.4. The second-order valence-electron chi connectivity index (χ2n) is 6.58. The smallest absolute Gasteiger partial charge is 0.286 e. The Balaban J connectivity index is 1.71. The highest BCUT2D eigenvalue weighted by Gasteiger charge is 2.13.